The van der Waals surface area contributed by atoms with Crippen LogP contribution in [-0.2, 0) is 16.4 Å². The number of nitrogens with zero attached hydrogens (tertiary/aromatic N) is 3. The predicted molar refractivity (Wildman–Crippen MR) is 151 cm³/mol. The van der Waals surface area contributed by atoms with Crippen molar-refractivity contribution in [2.45, 2.75) is 24.3 Å². The summed E-state index contributed by atoms with van der Waals surface area (Å²) in [6.45, 7) is 1.57. The summed E-state index contributed by atoms with van der Waals surface area (Å²) >= 11 is 1.38. The van der Waals surface area contributed by atoms with Crippen LogP contribution in [0.5, 0.6) is 0 Å². The number of amidine groups is 1. The van der Waals surface area contributed by atoms with Gasteiger partial charge in [0.15, 0.2) is 23.2 Å². The Morgan fingerprint density at radius 3 is 2.60 bits per heavy atom. The molecule has 6 N–H and O–H groups in total. The standard InChI is InChI=1S/C27H24N6O5S2/c1-15-30-23(26(29)34)24(38-15)17-7-5-9-19(14-17)40(36,37)33-21(27-31-20-10-2-3-11-22(20)39-27)13-16-6-4-8-18(12-16)25(28)32-35/h2-12,14,21,33,35H,13H2,1H3,(H2,28,32)(H2,29,34). The van der Waals surface area contributed by atoms with E-state index in [-0.39, 0.29) is 34.5 Å². The molecule has 1 unspecified atom stereocenters. The topological polar surface area (TPSA) is 187 Å². The lowest BCUT2D eigenvalue weighted by Gasteiger charge is -2.18. The number of primary amides is 1. The maximum atomic E-state index is 13.7. The van der Waals surface area contributed by atoms with Crippen molar-refractivity contribution in [2.24, 2.45) is 16.6 Å². The number of oxazole rings is 1. The van der Waals surface area contributed by atoms with Crippen molar-refractivity contribution in [3.63, 3.8) is 0 Å². The molecule has 5 aromatic rings. The average Bonchev–Trinajstić information content (AvgIpc) is 3.56. The number of para-hydroxylation sites is 1. The van der Waals surface area contributed by atoms with E-state index < -0.39 is 22.0 Å². The van der Waals surface area contributed by atoms with E-state index in [2.05, 4.69) is 19.8 Å². The minimum atomic E-state index is -4.10. The number of fused-ring (bicyclic) bond motifs is 1. The molecule has 1 atom stereocenters. The molecule has 0 aliphatic rings. The Labute approximate surface area is 233 Å². The molecule has 0 saturated heterocycles. The van der Waals surface area contributed by atoms with Crippen LogP contribution in [-0.4, -0.2) is 35.3 Å². The van der Waals surface area contributed by atoms with Crippen molar-refractivity contribution in [3.05, 3.63) is 101 Å². The lowest BCUT2D eigenvalue weighted by atomic mass is 10.0. The third-order valence-electron chi connectivity index (χ3n) is 6.05. The third-order valence-corrected chi connectivity index (χ3v) is 8.67. The van der Waals surface area contributed by atoms with Crippen LogP contribution < -0.4 is 16.2 Å². The number of thiazole rings is 1. The molecular formula is C27H24N6O5S2. The van der Waals surface area contributed by atoms with E-state index in [1.807, 2.05) is 30.3 Å². The smallest absolute Gasteiger partial charge is 0.271 e. The molecule has 0 saturated carbocycles. The normalized spacial score (nSPS) is 13.0. The van der Waals surface area contributed by atoms with Gasteiger partial charge >= 0.3 is 0 Å². The number of hydrogen-bond acceptors (Lipinski definition) is 9. The summed E-state index contributed by atoms with van der Waals surface area (Å²) in [7, 11) is -4.10. The fourth-order valence-corrected chi connectivity index (χ4v) is 6.56. The van der Waals surface area contributed by atoms with Crippen LogP contribution in [0, 0.1) is 6.92 Å². The van der Waals surface area contributed by atoms with E-state index in [1.165, 1.54) is 23.5 Å². The van der Waals surface area contributed by atoms with Gasteiger partial charge in [-0.1, -0.05) is 47.6 Å². The Kier molecular flexibility index (Phi) is 7.34. The molecule has 0 radical (unpaired) electrons. The summed E-state index contributed by atoms with van der Waals surface area (Å²) in [5.74, 6) is -0.540. The highest BCUT2D eigenvalue weighted by Crippen LogP contribution is 2.31. The number of nitrogens with two attached hydrogens (primary N) is 2. The summed E-state index contributed by atoms with van der Waals surface area (Å²) in [4.78, 5) is 20.5. The Bertz CT molecular complexity index is 1830. The molecule has 3 aromatic carbocycles. The molecule has 11 nitrogen and oxygen atoms in total. The van der Waals surface area contributed by atoms with Gasteiger partial charge in [-0.3, -0.25) is 4.79 Å². The molecule has 2 aromatic heterocycles. The molecular weight excluding hydrogens is 552 g/mol. The van der Waals surface area contributed by atoms with Gasteiger partial charge in [-0.05, 0) is 42.3 Å². The fraction of sp³-hybridized carbons (Fsp3) is 0.111. The van der Waals surface area contributed by atoms with Gasteiger partial charge in [0.25, 0.3) is 5.91 Å². The van der Waals surface area contributed by atoms with Crippen molar-refractivity contribution < 1.29 is 22.8 Å². The first-order valence-electron chi connectivity index (χ1n) is 12.0. The zero-order valence-corrected chi connectivity index (χ0v) is 22.7. The lowest BCUT2D eigenvalue weighted by Crippen LogP contribution is -2.30. The predicted octanol–water partition coefficient (Wildman–Crippen LogP) is 3.72. The molecule has 0 aliphatic heterocycles. The minimum absolute atomic E-state index is 0.0500. The first-order chi connectivity index (χ1) is 19.1. The summed E-state index contributed by atoms with van der Waals surface area (Å²) in [6.07, 6.45) is 0.235. The van der Waals surface area contributed by atoms with Gasteiger partial charge in [0, 0.05) is 18.1 Å². The van der Waals surface area contributed by atoms with Crippen LogP contribution in [0.15, 0.2) is 87.3 Å². The third kappa shape index (κ3) is 5.57. The van der Waals surface area contributed by atoms with Crippen molar-refractivity contribution in [2.75, 3.05) is 0 Å². The molecule has 0 aliphatic carbocycles. The van der Waals surface area contributed by atoms with Gasteiger partial charge in [0.05, 0.1) is 21.2 Å². The minimum Gasteiger partial charge on any atom is -0.440 e. The second kappa shape index (κ2) is 10.9. The number of hydrogen-bond donors (Lipinski definition) is 4. The summed E-state index contributed by atoms with van der Waals surface area (Å²) < 4.78 is 36.7. The second-order valence-corrected chi connectivity index (χ2v) is 11.7. The molecule has 1 amide bonds. The molecule has 5 rings (SSSR count). The second-order valence-electron chi connectivity index (χ2n) is 8.89. The molecule has 40 heavy (non-hydrogen) atoms. The van der Waals surface area contributed by atoms with Crippen LogP contribution in [0.3, 0.4) is 0 Å². The van der Waals surface area contributed by atoms with Crippen molar-refractivity contribution in [3.8, 4) is 11.3 Å². The highest BCUT2D eigenvalue weighted by molar-refractivity contribution is 7.89. The van der Waals surface area contributed by atoms with E-state index in [0.717, 1.165) is 15.8 Å². The van der Waals surface area contributed by atoms with Crippen LogP contribution >= 0.6 is 11.3 Å². The average molecular weight is 577 g/mol. The largest absolute Gasteiger partial charge is 0.440 e. The number of oxime groups is 1. The lowest BCUT2D eigenvalue weighted by molar-refractivity contribution is 0.0996. The number of benzene rings is 3. The van der Waals surface area contributed by atoms with Gasteiger partial charge in [-0.2, -0.15) is 0 Å². The van der Waals surface area contributed by atoms with Crippen molar-refractivity contribution >= 4 is 43.3 Å². The summed E-state index contributed by atoms with van der Waals surface area (Å²) in [5, 5.41) is 12.7. The highest BCUT2D eigenvalue weighted by atomic mass is 32.2. The quantitative estimate of drug-likeness (QED) is 0.0884. The zero-order valence-electron chi connectivity index (χ0n) is 21.1. The van der Waals surface area contributed by atoms with E-state index in [4.69, 9.17) is 21.1 Å². The number of nitrogens with one attached hydrogen (secondary N) is 1. The zero-order chi connectivity index (χ0) is 28.4. The molecule has 204 valence electrons. The number of amides is 1. The number of sulfonamides is 1. The molecule has 0 fully saturated rings. The van der Waals surface area contributed by atoms with E-state index in [0.29, 0.717) is 16.1 Å². The van der Waals surface area contributed by atoms with Gasteiger partial charge in [0.2, 0.25) is 10.0 Å². The number of carbonyl (C=O) groups excluding carboxylic acids is 1. The van der Waals surface area contributed by atoms with Gasteiger partial charge in [0.1, 0.15) is 5.01 Å². The number of carbonyl (C=O) groups is 1. The first kappa shape index (κ1) is 27.0. The molecule has 0 bridgehead atoms. The van der Waals surface area contributed by atoms with Crippen molar-refractivity contribution in [1.29, 1.82) is 0 Å². The number of rotatable bonds is 9. The Morgan fingerprint density at radius 2 is 1.85 bits per heavy atom. The first-order valence-corrected chi connectivity index (χ1v) is 14.3. The van der Waals surface area contributed by atoms with Gasteiger partial charge < -0.3 is 21.1 Å². The molecule has 0 spiro atoms. The monoisotopic (exact) mass is 576 g/mol. The van der Waals surface area contributed by atoms with Crippen LogP contribution in [0.1, 0.15) is 38.6 Å². The van der Waals surface area contributed by atoms with Crippen LogP contribution in [0.25, 0.3) is 21.5 Å². The summed E-state index contributed by atoms with van der Waals surface area (Å²) in [6, 6.07) is 19.7. The van der Waals surface area contributed by atoms with Crippen LogP contribution in [0.4, 0.5) is 0 Å². The van der Waals surface area contributed by atoms with Crippen LogP contribution in [0.2, 0.25) is 0 Å². The Hall–Kier alpha value is -4.59. The maximum Gasteiger partial charge on any atom is 0.271 e. The van der Waals surface area contributed by atoms with E-state index in [1.54, 1.807) is 37.3 Å². The SMILES string of the molecule is Cc1nc(C(N)=O)c(-c2cccc(S(=O)(=O)NC(Cc3cccc(/C(N)=N\O)c3)c3nc4ccccc4s3)c2)o1. The molecule has 2 heterocycles. The fourth-order valence-electron chi connectivity index (χ4n) is 4.22. The van der Waals surface area contributed by atoms with Gasteiger partial charge in [-0.25, -0.2) is 23.1 Å². The molecule has 13 heteroatoms. The number of aromatic nitrogens is 2. The highest BCUT2D eigenvalue weighted by Gasteiger charge is 2.26. The van der Waals surface area contributed by atoms with Crippen molar-refractivity contribution in [1.82, 2.24) is 14.7 Å². The Balaban J connectivity index is 1.53. The Morgan fingerprint density at radius 1 is 1.07 bits per heavy atom. The van der Waals surface area contributed by atoms with Gasteiger partial charge in [-0.15, -0.1) is 11.3 Å². The van der Waals surface area contributed by atoms with E-state index in [9.17, 15) is 13.2 Å². The number of aryl methyl sites for hydroxylation is 1. The van der Waals surface area contributed by atoms with E-state index >= 15 is 0 Å². The maximum absolute atomic E-state index is 13.7. The summed E-state index contributed by atoms with van der Waals surface area (Å²) in [5.41, 5.74) is 13.4.